The van der Waals surface area contributed by atoms with Crippen LogP contribution in [-0.2, 0) is 33.5 Å². The Balaban J connectivity index is 1.37. The molecule has 2 N–H and O–H groups in total. The summed E-state index contributed by atoms with van der Waals surface area (Å²) in [7, 11) is 3.96. The van der Waals surface area contributed by atoms with Crippen LogP contribution in [0.2, 0.25) is 0 Å². The first-order valence-electron chi connectivity index (χ1n) is 19.4. The molecule has 7 atom stereocenters. The van der Waals surface area contributed by atoms with Crippen molar-refractivity contribution >= 4 is 5.97 Å². The Bertz CT molecular complexity index is 2130. The van der Waals surface area contributed by atoms with Crippen LogP contribution >= 0.6 is 0 Å². The van der Waals surface area contributed by atoms with Crippen molar-refractivity contribution in [3.8, 4) is 17.2 Å². The third-order valence-corrected chi connectivity index (χ3v) is 15.1. The molecule has 7 aliphatic heterocycles. The summed E-state index contributed by atoms with van der Waals surface area (Å²) in [5.41, 5.74) is 10.6. The standard InChI is InChI=1S/C44H55N3O6/c1-22-16-28-13-15-45-44(31(28)18-23(22)2)14-12-30-33-25(4)26(5)36-37(53-21-52-36)34(33)42(8,20-51-40(44)49)47-39(48)41(7)19-29-17-24(3)35(50-11)27(6)32(29)38(46(41)10)43(30,47)9/h16-18,30,38-39,45,48H,12-15,19-21H2,1-11H3/t30-,38-,39?,41+,42+,43?,44?/m1/s1. The molecule has 2 fully saturated rings. The van der Waals surface area contributed by atoms with Crippen molar-refractivity contribution in [3.05, 3.63) is 85.0 Å². The molecular weight excluding hydrogens is 666 g/mol. The fraction of sp³-hybridized carbons (Fsp3) is 0.568. The molecule has 3 unspecified atom stereocenters. The van der Waals surface area contributed by atoms with Crippen LogP contribution in [0.25, 0.3) is 0 Å². The van der Waals surface area contributed by atoms with Crippen molar-refractivity contribution in [2.45, 2.75) is 128 Å². The highest BCUT2D eigenvalue weighted by Crippen LogP contribution is 2.68. The fourth-order valence-corrected chi connectivity index (χ4v) is 12.3. The molecular formula is C44H55N3O6. The number of nitrogens with one attached hydrogen (secondary N) is 1. The maximum atomic E-state index is 15.0. The van der Waals surface area contributed by atoms with E-state index in [0.29, 0.717) is 31.6 Å². The zero-order valence-corrected chi connectivity index (χ0v) is 33.3. The molecule has 282 valence electrons. The Morgan fingerprint density at radius 3 is 2.32 bits per heavy atom. The summed E-state index contributed by atoms with van der Waals surface area (Å²) in [5, 5.41) is 16.9. The molecule has 10 rings (SSSR count). The lowest BCUT2D eigenvalue weighted by atomic mass is 9.55. The van der Waals surface area contributed by atoms with Crippen molar-refractivity contribution in [2.75, 3.05) is 34.1 Å². The summed E-state index contributed by atoms with van der Waals surface area (Å²) < 4.78 is 25.4. The third kappa shape index (κ3) is 4.15. The van der Waals surface area contributed by atoms with E-state index in [2.05, 4.69) is 103 Å². The quantitative estimate of drug-likeness (QED) is 0.279. The number of hydrogen-bond acceptors (Lipinski definition) is 9. The molecule has 3 aromatic rings. The number of esters is 1. The number of carbonyl (C=O) groups is 1. The molecule has 7 heterocycles. The topological polar surface area (TPSA) is 92.7 Å². The molecule has 0 aliphatic carbocycles. The van der Waals surface area contributed by atoms with Crippen LogP contribution in [0.5, 0.6) is 17.2 Å². The molecule has 1 spiro atoms. The minimum absolute atomic E-state index is 0.0374. The van der Waals surface area contributed by atoms with Gasteiger partial charge < -0.3 is 24.1 Å². The summed E-state index contributed by atoms with van der Waals surface area (Å²) in [5.74, 6) is 2.00. The van der Waals surface area contributed by atoms with Gasteiger partial charge in [-0.05, 0) is 156 Å². The van der Waals surface area contributed by atoms with Gasteiger partial charge in [-0.25, -0.2) is 4.79 Å². The number of benzene rings is 3. The Morgan fingerprint density at radius 2 is 1.58 bits per heavy atom. The van der Waals surface area contributed by atoms with Gasteiger partial charge in [-0.3, -0.25) is 15.1 Å². The van der Waals surface area contributed by atoms with Crippen LogP contribution in [0.4, 0.5) is 0 Å². The lowest BCUT2D eigenvalue weighted by Gasteiger charge is -2.73. The molecule has 9 heteroatoms. The SMILES string of the molecule is COc1c(C)cc2c(c1C)[C@H]1N(C)[C@@](C)(C2)C(O)N2C1(C)[C@@H]1CCC3(NCCc4cc(C)c(C)cc43)C(=O)OC[C@@]2(C)c2c3c(c(C)c(C)c21)OCO3. The highest BCUT2D eigenvalue weighted by Gasteiger charge is 2.71. The number of rotatable bonds is 1. The van der Waals surface area contributed by atoms with Crippen LogP contribution in [0.3, 0.4) is 0 Å². The molecule has 2 saturated heterocycles. The van der Waals surface area contributed by atoms with Crippen LogP contribution in [0.1, 0.15) is 112 Å². The Labute approximate surface area is 313 Å². The third-order valence-electron chi connectivity index (χ3n) is 15.1. The van der Waals surface area contributed by atoms with Gasteiger partial charge in [-0.1, -0.05) is 18.2 Å². The number of piperazine rings is 1. The van der Waals surface area contributed by atoms with Gasteiger partial charge >= 0.3 is 5.97 Å². The average Bonchev–Trinajstić information content (AvgIpc) is 3.60. The number of methoxy groups -OCH3 is 1. The monoisotopic (exact) mass is 721 g/mol. The van der Waals surface area contributed by atoms with E-state index < -0.39 is 28.4 Å². The van der Waals surface area contributed by atoms with Gasteiger partial charge in [0.1, 0.15) is 24.1 Å². The van der Waals surface area contributed by atoms with E-state index in [1.54, 1.807) is 7.11 Å². The summed E-state index contributed by atoms with van der Waals surface area (Å²) in [4.78, 5) is 19.8. The van der Waals surface area contributed by atoms with Crippen LogP contribution in [0, 0.1) is 41.5 Å². The van der Waals surface area contributed by atoms with Gasteiger partial charge in [-0.15, -0.1) is 0 Å². The first kappa shape index (κ1) is 35.1. The minimum Gasteiger partial charge on any atom is -0.496 e. The largest absolute Gasteiger partial charge is 0.496 e. The molecule has 9 nitrogen and oxygen atoms in total. The lowest BCUT2D eigenvalue weighted by molar-refractivity contribution is -0.277. The molecule has 4 bridgehead atoms. The number of aryl methyl sites for hydroxylation is 3. The normalized spacial score (nSPS) is 34.3. The molecule has 7 aliphatic rings. The van der Waals surface area contributed by atoms with Crippen LogP contribution in [0.15, 0.2) is 18.2 Å². The number of likely N-dealkylation sites (N-methyl/N-ethyl adjacent to an activating group) is 1. The zero-order chi connectivity index (χ0) is 37.7. The number of carbonyl (C=O) groups excluding carboxylic acids is 1. The van der Waals surface area contributed by atoms with E-state index in [9.17, 15) is 9.90 Å². The molecule has 0 amide bonds. The Morgan fingerprint density at radius 1 is 0.887 bits per heavy atom. The first-order valence-corrected chi connectivity index (χ1v) is 19.4. The Hall–Kier alpha value is -3.63. The number of nitrogens with zero attached hydrogens (tertiary/aromatic N) is 2. The second-order valence-corrected chi connectivity index (χ2v) is 17.7. The van der Waals surface area contributed by atoms with Crippen LogP contribution in [-0.4, -0.2) is 72.3 Å². The summed E-state index contributed by atoms with van der Waals surface area (Å²) in [6, 6.07) is 6.65. The Kier molecular flexibility index (Phi) is 7.43. The van der Waals surface area contributed by atoms with E-state index in [1.165, 1.54) is 38.9 Å². The second kappa shape index (κ2) is 11.2. The van der Waals surface area contributed by atoms with Gasteiger partial charge in [0.15, 0.2) is 11.5 Å². The highest BCUT2D eigenvalue weighted by molar-refractivity contribution is 5.84. The van der Waals surface area contributed by atoms with Gasteiger partial charge in [0.05, 0.1) is 24.2 Å². The number of aliphatic hydroxyl groups excluding tert-OH is 1. The lowest BCUT2D eigenvalue weighted by Crippen LogP contribution is -2.82. The van der Waals surface area contributed by atoms with Crippen molar-refractivity contribution in [3.63, 3.8) is 0 Å². The van der Waals surface area contributed by atoms with E-state index in [-0.39, 0.29) is 31.3 Å². The maximum absolute atomic E-state index is 15.0. The van der Waals surface area contributed by atoms with Crippen LogP contribution < -0.4 is 19.5 Å². The summed E-state index contributed by atoms with van der Waals surface area (Å²) >= 11 is 0. The molecule has 0 aromatic heterocycles. The first-order chi connectivity index (χ1) is 25.1. The number of hydrogen-bond donors (Lipinski definition) is 2. The summed E-state index contributed by atoms with van der Waals surface area (Å²) in [6.45, 7) is 20.5. The highest BCUT2D eigenvalue weighted by atomic mass is 16.7. The van der Waals surface area contributed by atoms with Crippen molar-refractivity contribution in [2.24, 2.45) is 0 Å². The minimum atomic E-state index is -1.01. The number of fused-ring (bicyclic) bond motifs is 9. The maximum Gasteiger partial charge on any atom is 0.331 e. The smallest absolute Gasteiger partial charge is 0.331 e. The number of ether oxygens (including phenoxy) is 4. The van der Waals surface area contributed by atoms with Gasteiger partial charge in [0, 0.05) is 23.6 Å². The number of aliphatic hydroxyl groups is 1. The molecule has 53 heavy (non-hydrogen) atoms. The fourth-order valence-electron chi connectivity index (χ4n) is 12.3. The predicted molar refractivity (Wildman–Crippen MR) is 203 cm³/mol. The molecule has 3 aromatic carbocycles. The zero-order valence-electron chi connectivity index (χ0n) is 33.3. The van der Waals surface area contributed by atoms with E-state index >= 15 is 0 Å². The van der Waals surface area contributed by atoms with E-state index in [4.69, 9.17) is 18.9 Å². The second-order valence-electron chi connectivity index (χ2n) is 17.7. The molecule has 0 radical (unpaired) electrons. The van der Waals surface area contributed by atoms with Gasteiger partial charge in [-0.2, -0.15) is 0 Å². The predicted octanol–water partition coefficient (Wildman–Crippen LogP) is 6.35. The van der Waals surface area contributed by atoms with Crippen molar-refractivity contribution in [1.29, 1.82) is 0 Å². The molecule has 0 saturated carbocycles. The van der Waals surface area contributed by atoms with Crippen molar-refractivity contribution < 1.29 is 28.8 Å². The van der Waals surface area contributed by atoms with E-state index in [1.807, 2.05) is 0 Å². The average molecular weight is 722 g/mol. The van der Waals surface area contributed by atoms with Crippen molar-refractivity contribution in [1.82, 2.24) is 15.1 Å². The van der Waals surface area contributed by atoms with Gasteiger partial charge in [0.2, 0.25) is 6.79 Å². The van der Waals surface area contributed by atoms with Gasteiger partial charge in [0.25, 0.3) is 0 Å². The van der Waals surface area contributed by atoms with E-state index in [0.717, 1.165) is 45.7 Å². The summed E-state index contributed by atoms with van der Waals surface area (Å²) in [6.07, 6.45) is 1.81.